The van der Waals surface area contributed by atoms with E-state index in [2.05, 4.69) is 12.1 Å². The fourth-order valence-corrected chi connectivity index (χ4v) is 5.74. The predicted octanol–water partition coefficient (Wildman–Crippen LogP) is 4.66. The molecule has 4 aliphatic rings. The summed E-state index contributed by atoms with van der Waals surface area (Å²) in [5, 5.41) is 0. The number of hydrogen-bond donors (Lipinski definition) is 1. The van der Waals surface area contributed by atoms with E-state index in [1.165, 1.54) is 24.8 Å². The van der Waals surface area contributed by atoms with Gasteiger partial charge in [0.25, 0.3) is 0 Å². The Morgan fingerprint density at radius 2 is 1.45 bits per heavy atom. The molecule has 4 aliphatic carbocycles. The van der Waals surface area contributed by atoms with E-state index in [1.807, 2.05) is 12.1 Å². The van der Waals surface area contributed by atoms with Crippen LogP contribution in [0, 0.1) is 29.6 Å². The van der Waals surface area contributed by atoms with Gasteiger partial charge in [-0.25, -0.2) is 0 Å². The molecule has 4 bridgehead atoms. The first-order chi connectivity index (χ1) is 9.78. The molecule has 5 rings (SSSR count). The average molecular weight is 269 g/mol. The van der Waals surface area contributed by atoms with Crippen LogP contribution >= 0.6 is 0 Å². The predicted molar refractivity (Wildman–Crippen MR) is 84.3 cm³/mol. The zero-order valence-corrected chi connectivity index (χ0v) is 12.4. The molecule has 0 aliphatic heterocycles. The van der Waals surface area contributed by atoms with Gasteiger partial charge in [0.15, 0.2) is 0 Å². The molecule has 0 spiro atoms. The highest BCUT2D eigenvalue weighted by Crippen LogP contribution is 2.57. The molecule has 0 saturated heterocycles. The van der Waals surface area contributed by atoms with Gasteiger partial charge in [0.1, 0.15) is 0 Å². The molecular weight excluding hydrogens is 242 g/mol. The van der Waals surface area contributed by atoms with E-state index in [0.29, 0.717) is 0 Å². The molecule has 0 amide bonds. The standard InChI is InChI=1S/C19H27N/c20-18-6-4-13(5-7-18)2-1-3-19-16-9-14-8-15(11-16)12-17(19)10-14/h4-7,14-17,19H,1-3,8-12,20H2. The highest BCUT2D eigenvalue weighted by atomic mass is 14.5. The Bertz CT molecular complexity index is 433. The van der Waals surface area contributed by atoms with Crippen LogP contribution < -0.4 is 5.73 Å². The molecule has 0 unspecified atom stereocenters. The van der Waals surface area contributed by atoms with Crippen molar-refractivity contribution in [3.63, 3.8) is 0 Å². The Hall–Kier alpha value is -0.980. The second-order valence-corrected chi connectivity index (χ2v) is 7.73. The summed E-state index contributed by atoms with van der Waals surface area (Å²) < 4.78 is 0. The van der Waals surface area contributed by atoms with Gasteiger partial charge in [-0.15, -0.1) is 0 Å². The smallest absolute Gasteiger partial charge is 0.0314 e. The Morgan fingerprint density at radius 3 is 2.05 bits per heavy atom. The van der Waals surface area contributed by atoms with Gasteiger partial charge in [-0.05, 0) is 98.7 Å². The van der Waals surface area contributed by atoms with E-state index >= 15 is 0 Å². The lowest BCUT2D eigenvalue weighted by Gasteiger charge is -2.54. The first-order valence-electron chi connectivity index (χ1n) is 8.62. The quantitative estimate of drug-likeness (QED) is 0.790. The molecule has 2 N–H and O–H groups in total. The molecule has 1 aromatic carbocycles. The van der Waals surface area contributed by atoms with E-state index in [4.69, 9.17) is 5.73 Å². The second kappa shape index (κ2) is 5.09. The van der Waals surface area contributed by atoms with Crippen molar-refractivity contribution in [2.24, 2.45) is 29.6 Å². The minimum Gasteiger partial charge on any atom is -0.399 e. The average Bonchev–Trinajstić information content (AvgIpc) is 2.43. The molecule has 0 radical (unpaired) electrons. The number of hydrogen-bond acceptors (Lipinski definition) is 1. The Morgan fingerprint density at radius 1 is 0.850 bits per heavy atom. The highest BCUT2D eigenvalue weighted by molar-refractivity contribution is 5.39. The van der Waals surface area contributed by atoms with Gasteiger partial charge in [-0.3, -0.25) is 0 Å². The van der Waals surface area contributed by atoms with Crippen molar-refractivity contribution in [1.82, 2.24) is 0 Å². The Labute approximate surface area is 122 Å². The van der Waals surface area contributed by atoms with Crippen molar-refractivity contribution >= 4 is 5.69 Å². The third kappa shape index (κ3) is 2.36. The zero-order chi connectivity index (χ0) is 13.5. The SMILES string of the molecule is Nc1ccc(CCCC2C3CC4CC(C3)CC2C4)cc1. The number of anilines is 1. The molecule has 4 saturated carbocycles. The van der Waals surface area contributed by atoms with Crippen molar-refractivity contribution in [2.75, 3.05) is 5.73 Å². The molecule has 1 nitrogen and oxygen atoms in total. The summed E-state index contributed by atoms with van der Waals surface area (Å²) >= 11 is 0. The molecule has 0 aromatic heterocycles. The maximum Gasteiger partial charge on any atom is 0.0314 e. The fourth-order valence-electron chi connectivity index (χ4n) is 5.74. The first-order valence-corrected chi connectivity index (χ1v) is 8.62. The van der Waals surface area contributed by atoms with E-state index in [9.17, 15) is 0 Å². The summed E-state index contributed by atoms with van der Waals surface area (Å²) in [7, 11) is 0. The number of nitrogens with two attached hydrogens (primary N) is 1. The van der Waals surface area contributed by atoms with E-state index in [-0.39, 0.29) is 0 Å². The van der Waals surface area contributed by atoms with Crippen molar-refractivity contribution in [3.05, 3.63) is 29.8 Å². The topological polar surface area (TPSA) is 26.0 Å². The van der Waals surface area contributed by atoms with Crippen molar-refractivity contribution < 1.29 is 0 Å². The van der Waals surface area contributed by atoms with Crippen LogP contribution in [0.2, 0.25) is 0 Å². The number of rotatable bonds is 4. The third-order valence-electron chi connectivity index (χ3n) is 6.40. The summed E-state index contributed by atoms with van der Waals surface area (Å²) in [5.41, 5.74) is 8.10. The maximum atomic E-state index is 5.75. The number of benzene rings is 1. The Balaban J connectivity index is 1.32. The largest absolute Gasteiger partial charge is 0.399 e. The molecule has 4 fully saturated rings. The van der Waals surface area contributed by atoms with Crippen LogP contribution in [0.15, 0.2) is 24.3 Å². The normalized spacial score (nSPS) is 38.3. The van der Waals surface area contributed by atoms with E-state index in [0.717, 1.165) is 35.3 Å². The molecule has 108 valence electrons. The molecule has 20 heavy (non-hydrogen) atoms. The summed E-state index contributed by atoms with van der Waals surface area (Å²) in [6.45, 7) is 0. The molecule has 0 heterocycles. The van der Waals surface area contributed by atoms with Gasteiger partial charge in [0, 0.05) is 5.69 Å². The lowest BCUT2D eigenvalue weighted by Crippen LogP contribution is -2.45. The van der Waals surface area contributed by atoms with Crippen LogP contribution in [0.25, 0.3) is 0 Å². The lowest BCUT2D eigenvalue weighted by molar-refractivity contribution is -0.0402. The van der Waals surface area contributed by atoms with Gasteiger partial charge in [-0.1, -0.05) is 12.1 Å². The minimum atomic E-state index is 0.884. The van der Waals surface area contributed by atoms with Gasteiger partial charge >= 0.3 is 0 Å². The first kappa shape index (κ1) is 12.7. The van der Waals surface area contributed by atoms with Gasteiger partial charge in [0.05, 0.1) is 0 Å². The fraction of sp³-hybridized carbons (Fsp3) is 0.684. The maximum absolute atomic E-state index is 5.75. The van der Waals surface area contributed by atoms with Gasteiger partial charge in [-0.2, -0.15) is 0 Å². The van der Waals surface area contributed by atoms with Crippen molar-refractivity contribution in [3.8, 4) is 0 Å². The van der Waals surface area contributed by atoms with Crippen LogP contribution in [0.5, 0.6) is 0 Å². The number of aryl methyl sites for hydroxylation is 1. The number of nitrogen functional groups attached to an aromatic ring is 1. The lowest BCUT2D eigenvalue weighted by atomic mass is 9.51. The summed E-state index contributed by atoms with van der Waals surface area (Å²) in [6.07, 6.45) is 11.9. The summed E-state index contributed by atoms with van der Waals surface area (Å²) in [5.74, 6) is 5.49. The molecular formula is C19H27N. The van der Waals surface area contributed by atoms with Gasteiger partial charge < -0.3 is 5.73 Å². The van der Waals surface area contributed by atoms with Crippen molar-refractivity contribution in [2.45, 2.75) is 51.4 Å². The highest BCUT2D eigenvalue weighted by Gasteiger charge is 2.47. The van der Waals surface area contributed by atoms with E-state index < -0.39 is 0 Å². The molecule has 1 aromatic rings. The minimum absolute atomic E-state index is 0.884. The van der Waals surface area contributed by atoms with Crippen LogP contribution in [-0.4, -0.2) is 0 Å². The van der Waals surface area contributed by atoms with Crippen LogP contribution in [0.3, 0.4) is 0 Å². The van der Waals surface area contributed by atoms with Crippen LogP contribution in [-0.2, 0) is 6.42 Å². The van der Waals surface area contributed by atoms with E-state index in [1.54, 1.807) is 32.1 Å². The second-order valence-electron chi connectivity index (χ2n) is 7.73. The molecule has 1 heteroatoms. The Kier molecular flexibility index (Phi) is 3.24. The molecule has 0 atom stereocenters. The van der Waals surface area contributed by atoms with Crippen molar-refractivity contribution in [1.29, 1.82) is 0 Å². The van der Waals surface area contributed by atoms with Crippen LogP contribution in [0.1, 0.15) is 50.5 Å². The summed E-state index contributed by atoms with van der Waals surface area (Å²) in [4.78, 5) is 0. The third-order valence-corrected chi connectivity index (χ3v) is 6.40. The zero-order valence-electron chi connectivity index (χ0n) is 12.4. The van der Waals surface area contributed by atoms with Gasteiger partial charge in [0.2, 0.25) is 0 Å². The summed E-state index contributed by atoms with van der Waals surface area (Å²) in [6, 6.07) is 8.48. The van der Waals surface area contributed by atoms with Crippen LogP contribution in [0.4, 0.5) is 5.69 Å². The monoisotopic (exact) mass is 269 g/mol.